The van der Waals surface area contributed by atoms with Crippen LogP contribution in [0.5, 0.6) is 0 Å². The van der Waals surface area contributed by atoms with Crippen molar-refractivity contribution in [3.8, 4) is 0 Å². The van der Waals surface area contributed by atoms with E-state index in [1.807, 2.05) is 18.2 Å². The molecule has 2 heteroatoms. The SMILES string of the molecule is NC(Cc1ccccc1)C(O)C1CC1. The highest BCUT2D eigenvalue weighted by molar-refractivity contribution is 5.16. The molecule has 2 unspecified atom stereocenters. The van der Waals surface area contributed by atoms with E-state index in [0.717, 1.165) is 19.3 Å². The second-order valence-electron chi connectivity index (χ2n) is 4.18. The maximum atomic E-state index is 9.79. The Morgan fingerprint density at radius 2 is 1.93 bits per heavy atom. The normalized spacial score (nSPS) is 20.4. The summed E-state index contributed by atoms with van der Waals surface area (Å²) in [5.41, 5.74) is 7.15. The van der Waals surface area contributed by atoms with E-state index >= 15 is 0 Å². The lowest BCUT2D eigenvalue weighted by Crippen LogP contribution is -2.37. The fourth-order valence-corrected chi connectivity index (χ4v) is 1.79. The molecule has 1 aromatic carbocycles. The fourth-order valence-electron chi connectivity index (χ4n) is 1.79. The topological polar surface area (TPSA) is 46.2 Å². The van der Waals surface area contributed by atoms with Crippen molar-refractivity contribution in [2.75, 3.05) is 0 Å². The second-order valence-corrected chi connectivity index (χ2v) is 4.18. The van der Waals surface area contributed by atoms with Crippen LogP contribution < -0.4 is 5.73 Å². The van der Waals surface area contributed by atoms with Gasteiger partial charge in [-0.3, -0.25) is 0 Å². The van der Waals surface area contributed by atoms with Crippen LogP contribution in [-0.4, -0.2) is 17.3 Å². The van der Waals surface area contributed by atoms with Gasteiger partial charge in [-0.2, -0.15) is 0 Å². The fraction of sp³-hybridized carbons (Fsp3) is 0.500. The minimum absolute atomic E-state index is 0.107. The van der Waals surface area contributed by atoms with Crippen molar-refractivity contribution < 1.29 is 5.11 Å². The van der Waals surface area contributed by atoms with E-state index in [9.17, 15) is 5.11 Å². The first-order valence-corrected chi connectivity index (χ1v) is 5.25. The standard InChI is InChI=1S/C12H17NO/c13-11(12(14)10-6-7-10)8-9-4-2-1-3-5-9/h1-5,10-12,14H,6-8,13H2. The van der Waals surface area contributed by atoms with Gasteiger partial charge in [-0.1, -0.05) is 30.3 Å². The smallest absolute Gasteiger partial charge is 0.0722 e. The average molecular weight is 191 g/mol. The van der Waals surface area contributed by atoms with Gasteiger partial charge < -0.3 is 10.8 Å². The van der Waals surface area contributed by atoms with Crippen LogP contribution in [0.4, 0.5) is 0 Å². The average Bonchev–Trinajstić information content (AvgIpc) is 3.01. The Hall–Kier alpha value is -0.860. The number of aliphatic hydroxyl groups is 1. The molecule has 1 saturated carbocycles. The third kappa shape index (κ3) is 2.34. The van der Waals surface area contributed by atoms with E-state index < -0.39 is 0 Å². The molecule has 0 radical (unpaired) electrons. The van der Waals surface area contributed by atoms with E-state index in [1.165, 1.54) is 5.56 Å². The van der Waals surface area contributed by atoms with Crippen molar-refractivity contribution in [1.82, 2.24) is 0 Å². The van der Waals surface area contributed by atoms with Crippen molar-refractivity contribution in [3.63, 3.8) is 0 Å². The summed E-state index contributed by atoms with van der Waals surface area (Å²) in [4.78, 5) is 0. The molecule has 0 saturated heterocycles. The van der Waals surface area contributed by atoms with Crippen molar-refractivity contribution in [2.24, 2.45) is 11.7 Å². The van der Waals surface area contributed by atoms with Gasteiger partial charge in [0.1, 0.15) is 0 Å². The lowest BCUT2D eigenvalue weighted by atomic mass is 9.99. The third-order valence-corrected chi connectivity index (χ3v) is 2.86. The first-order chi connectivity index (χ1) is 6.77. The second kappa shape index (κ2) is 4.11. The van der Waals surface area contributed by atoms with E-state index in [0.29, 0.717) is 5.92 Å². The third-order valence-electron chi connectivity index (χ3n) is 2.86. The van der Waals surface area contributed by atoms with Crippen molar-refractivity contribution in [2.45, 2.75) is 31.4 Å². The monoisotopic (exact) mass is 191 g/mol. The van der Waals surface area contributed by atoms with E-state index in [-0.39, 0.29) is 12.1 Å². The zero-order valence-corrected chi connectivity index (χ0v) is 8.26. The predicted octanol–water partition coefficient (Wildman–Crippen LogP) is 1.33. The summed E-state index contributed by atoms with van der Waals surface area (Å²) in [5.74, 6) is 0.466. The van der Waals surface area contributed by atoms with Gasteiger partial charge in [0.2, 0.25) is 0 Å². The number of rotatable bonds is 4. The number of aliphatic hydroxyl groups excluding tert-OH is 1. The molecule has 2 atom stereocenters. The summed E-state index contributed by atoms with van der Waals surface area (Å²) in [6, 6.07) is 10.0. The van der Waals surface area contributed by atoms with Crippen molar-refractivity contribution in [3.05, 3.63) is 35.9 Å². The molecule has 14 heavy (non-hydrogen) atoms. The minimum atomic E-state index is -0.310. The van der Waals surface area contributed by atoms with Crippen LogP contribution >= 0.6 is 0 Å². The number of hydrogen-bond donors (Lipinski definition) is 2. The molecule has 0 aliphatic heterocycles. The van der Waals surface area contributed by atoms with Gasteiger partial charge >= 0.3 is 0 Å². The minimum Gasteiger partial charge on any atom is -0.391 e. The molecule has 1 aliphatic carbocycles. The zero-order chi connectivity index (χ0) is 9.97. The van der Waals surface area contributed by atoms with E-state index in [4.69, 9.17) is 5.73 Å². The molecule has 0 heterocycles. The summed E-state index contributed by atoms with van der Waals surface area (Å²) in [6.07, 6.45) is 2.75. The summed E-state index contributed by atoms with van der Waals surface area (Å²) in [6.45, 7) is 0. The maximum Gasteiger partial charge on any atom is 0.0722 e. The van der Waals surface area contributed by atoms with Crippen molar-refractivity contribution in [1.29, 1.82) is 0 Å². The molecule has 1 aliphatic rings. The molecule has 3 N–H and O–H groups in total. The van der Waals surface area contributed by atoms with Gasteiger partial charge in [0.05, 0.1) is 6.10 Å². The van der Waals surface area contributed by atoms with Crippen LogP contribution in [0.1, 0.15) is 18.4 Å². The highest BCUT2D eigenvalue weighted by Crippen LogP contribution is 2.34. The van der Waals surface area contributed by atoms with Crippen LogP contribution in [0, 0.1) is 5.92 Å². The van der Waals surface area contributed by atoms with Crippen LogP contribution in [0.2, 0.25) is 0 Å². The molecule has 0 bridgehead atoms. The van der Waals surface area contributed by atoms with Gasteiger partial charge in [0.25, 0.3) is 0 Å². The first kappa shape index (κ1) is 9.69. The van der Waals surface area contributed by atoms with Gasteiger partial charge in [-0.05, 0) is 30.7 Å². The Morgan fingerprint density at radius 3 is 2.50 bits per heavy atom. The molecule has 0 spiro atoms. The molecule has 1 aromatic rings. The van der Waals surface area contributed by atoms with Gasteiger partial charge in [-0.15, -0.1) is 0 Å². The summed E-state index contributed by atoms with van der Waals surface area (Å²) < 4.78 is 0. The maximum absolute atomic E-state index is 9.79. The first-order valence-electron chi connectivity index (χ1n) is 5.25. The van der Waals surface area contributed by atoms with Crippen LogP contribution in [-0.2, 0) is 6.42 Å². The summed E-state index contributed by atoms with van der Waals surface area (Å²) >= 11 is 0. The van der Waals surface area contributed by atoms with Crippen LogP contribution in [0.25, 0.3) is 0 Å². The largest absolute Gasteiger partial charge is 0.391 e. The Bertz CT molecular complexity index is 282. The Morgan fingerprint density at radius 1 is 1.29 bits per heavy atom. The van der Waals surface area contributed by atoms with Crippen LogP contribution in [0.3, 0.4) is 0 Å². The summed E-state index contributed by atoms with van der Waals surface area (Å²) in [5, 5.41) is 9.79. The number of nitrogens with two attached hydrogens (primary N) is 1. The summed E-state index contributed by atoms with van der Waals surface area (Å²) in [7, 11) is 0. The number of benzene rings is 1. The lowest BCUT2D eigenvalue weighted by Gasteiger charge is -2.18. The van der Waals surface area contributed by atoms with E-state index in [2.05, 4.69) is 12.1 Å². The Labute approximate surface area is 84.7 Å². The van der Waals surface area contributed by atoms with Crippen LogP contribution in [0.15, 0.2) is 30.3 Å². The molecule has 0 amide bonds. The molecular formula is C12H17NO. The highest BCUT2D eigenvalue weighted by Gasteiger charge is 2.33. The zero-order valence-electron chi connectivity index (χ0n) is 8.26. The van der Waals surface area contributed by atoms with E-state index in [1.54, 1.807) is 0 Å². The van der Waals surface area contributed by atoms with Crippen molar-refractivity contribution >= 4 is 0 Å². The highest BCUT2D eigenvalue weighted by atomic mass is 16.3. The molecule has 2 rings (SSSR count). The van der Waals surface area contributed by atoms with Gasteiger partial charge in [0.15, 0.2) is 0 Å². The molecule has 76 valence electrons. The number of hydrogen-bond acceptors (Lipinski definition) is 2. The lowest BCUT2D eigenvalue weighted by molar-refractivity contribution is 0.122. The van der Waals surface area contributed by atoms with Gasteiger partial charge in [0, 0.05) is 6.04 Å². The predicted molar refractivity (Wildman–Crippen MR) is 56.9 cm³/mol. The Kier molecular flexibility index (Phi) is 2.85. The quantitative estimate of drug-likeness (QED) is 0.754. The van der Waals surface area contributed by atoms with Gasteiger partial charge in [-0.25, -0.2) is 0 Å². The molecule has 0 aromatic heterocycles. The Balaban J connectivity index is 1.90. The molecule has 1 fully saturated rings. The molecular weight excluding hydrogens is 174 g/mol. The molecule has 2 nitrogen and oxygen atoms in total.